The molecule has 4 rings (SSSR count). The van der Waals surface area contributed by atoms with Crippen molar-refractivity contribution in [3.05, 3.63) is 59.0 Å². The number of hydrogen-bond acceptors (Lipinski definition) is 1. The highest BCUT2D eigenvalue weighted by molar-refractivity contribution is 7.17. The molecular weight excluding hydrogens is 585 g/mol. The summed E-state index contributed by atoms with van der Waals surface area (Å²) in [6.45, 7) is 4.62. The third kappa shape index (κ3) is 13.5. The predicted molar refractivity (Wildman–Crippen MR) is 216 cm³/mol. The second-order valence-electron chi connectivity index (χ2n) is 14.9. The number of hydrogen-bond donors (Lipinski definition) is 0. The highest BCUT2D eigenvalue weighted by atomic mass is 32.1. The smallest absolute Gasteiger partial charge is 0.0349 e. The number of thiophene rings is 1. The average molecular weight is 655 g/mol. The van der Waals surface area contributed by atoms with Crippen LogP contribution in [0.15, 0.2) is 47.8 Å². The van der Waals surface area contributed by atoms with E-state index >= 15 is 0 Å². The van der Waals surface area contributed by atoms with Crippen molar-refractivity contribution < 1.29 is 0 Å². The third-order valence-electron chi connectivity index (χ3n) is 10.9. The van der Waals surface area contributed by atoms with Crippen molar-refractivity contribution in [3.8, 4) is 0 Å². The van der Waals surface area contributed by atoms with Gasteiger partial charge in [-0.25, -0.2) is 0 Å². The van der Waals surface area contributed by atoms with Gasteiger partial charge in [0.2, 0.25) is 0 Å². The highest BCUT2D eigenvalue weighted by Crippen LogP contribution is 2.35. The largest absolute Gasteiger partial charge is 0.144 e. The van der Waals surface area contributed by atoms with E-state index < -0.39 is 0 Å². The van der Waals surface area contributed by atoms with Crippen LogP contribution in [-0.4, -0.2) is 0 Å². The minimum absolute atomic E-state index is 1.25. The minimum Gasteiger partial charge on any atom is -0.144 e. The third-order valence-corrected chi connectivity index (χ3v) is 11.8. The molecule has 260 valence electrons. The zero-order valence-electron chi connectivity index (χ0n) is 30.8. The summed E-state index contributed by atoms with van der Waals surface area (Å²) in [5.74, 6) is 0. The van der Waals surface area contributed by atoms with Gasteiger partial charge in [-0.2, -0.15) is 0 Å². The first kappa shape index (κ1) is 38.0. The fourth-order valence-electron chi connectivity index (χ4n) is 7.89. The molecule has 0 unspecified atom stereocenters. The standard InChI is InChI=1S/C46H70S/c1-3-5-7-9-11-13-15-17-19-21-23-25-27-29-39-31-32-40-38-45-41(33-34-46-43(45)35-36-47-46)37-44(40)42(39)30-28-26-24-22-20-18-16-14-12-10-8-6-4-2/h31-38H,3-30H2,1-2H3. The molecule has 47 heavy (non-hydrogen) atoms. The van der Waals surface area contributed by atoms with Crippen LogP contribution in [0, 0.1) is 0 Å². The van der Waals surface area contributed by atoms with E-state index in [4.69, 9.17) is 0 Å². The summed E-state index contributed by atoms with van der Waals surface area (Å²) in [5, 5.41) is 9.46. The van der Waals surface area contributed by atoms with Crippen molar-refractivity contribution in [2.45, 2.75) is 194 Å². The number of benzene rings is 3. The molecule has 0 bridgehead atoms. The molecule has 0 atom stereocenters. The number of aryl methyl sites for hydroxylation is 2. The molecule has 1 heteroatoms. The van der Waals surface area contributed by atoms with Crippen LogP contribution in [0.2, 0.25) is 0 Å². The molecule has 0 fully saturated rings. The van der Waals surface area contributed by atoms with Crippen LogP contribution < -0.4 is 0 Å². The number of rotatable bonds is 28. The molecule has 0 amide bonds. The van der Waals surface area contributed by atoms with E-state index in [2.05, 4.69) is 61.7 Å². The van der Waals surface area contributed by atoms with Gasteiger partial charge in [0.05, 0.1) is 0 Å². The number of fused-ring (bicyclic) bond motifs is 4. The van der Waals surface area contributed by atoms with Crippen LogP contribution in [0.3, 0.4) is 0 Å². The first-order chi connectivity index (χ1) is 23.3. The van der Waals surface area contributed by atoms with Gasteiger partial charge >= 0.3 is 0 Å². The lowest BCUT2D eigenvalue weighted by Gasteiger charge is -2.15. The van der Waals surface area contributed by atoms with Crippen molar-refractivity contribution in [2.24, 2.45) is 0 Å². The van der Waals surface area contributed by atoms with Crippen LogP contribution in [0.4, 0.5) is 0 Å². The van der Waals surface area contributed by atoms with Crippen LogP contribution in [0.25, 0.3) is 31.6 Å². The van der Waals surface area contributed by atoms with Crippen LogP contribution in [-0.2, 0) is 12.8 Å². The van der Waals surface area contributed by atoms with Crippen LogP contribution >= 0.6 is 11.3 Å². The van der Waals surface area contributed by atoms with Gasteiger partial charge in [-0.15, -0.1) is 11.3 Å². The van der Waals surface area contributed by atoms with Gasteiger partial charge in [0.25, 0.3) is 0 Å². The summed E-state index contributed by atoms with van der Waals surface area (Å²) in [4.78, 5) is 0. The molecule has 0 N–H and O–H groups in total. The Morgan fingerprint density at radius 2 is 0.809 bits per heavy atom. The maximum absolute atomic E-state index is 2.53. The van der Waals surface area contributed by atoms with Crippen molar-refractivity contribution in [3.63, 3.8) is 0 Å². The first-order valence-corrected chi connectivity index (χ1v) is 21.5. The topological polar surface area (TPSA) is 0 Å². The molecular formula is C46H70S. The van der Waals surface area contributed by atoms with Crippen molar-refractivity contribution in [1.82, 2.24) is 0 Å². The van der Waals surface area contributed by atoms with E-state index in [1.807, 2.05) is 11.3 Å². The predicted octanol–water partition coefficient (Wildman–Crippen LogP) is 16.5. The lowest BCUT2D eigenvalue weighted by atomic mass is 9.90. The van der Waals surface area contributed by atoms with Gasteiger partial charge in [0.15, 0.2) is 0 Å². The first-order valence-electron chi connectivity index (χ1n) is 20.7. The zero-order valence-corrected chi connectivity index (χ0v) is 31.6. The molecule has 0 radical (unpaired) electrons. The van der Waals surface area contributed by atoms with E-state index in [1.165, 1.54) is 211 Å². The van der Waals surface area contributed by atoms with Gasteiger partial charge in [-0.1, -0.05) is 186 Å². The van der Waals surface area contributed by atoms with Crippen molar-refractivity contribution in [2.75, 3.05) is 0 Å². The van der Waals surface area contributed by atoms with Gasteiger partial charge in [0, 0.05) is 10.1 Å². The molecule has 0 nitrogen and oxygen atoms in total. The van der Waals surface area contributed by atoms with Gasteiger partial charge < -0.3 is 0 Å². The van der Waals surface area contributed by atoms with Crippen LogP contribution in [0.1, 0.15) is 192 Å². The Labute approximate surface area is 294 Å². The summed E-state index contributed by atoms with van der Waals surface area (Å²) in [6.07, 6.45) is 39.6. The zero-order chi connectivity index (χ0) is 32.8. The van der Waals surface area contributed by atoms with Crippen LogP contribution in [0.5, 0.6) is 0 Å². The molecule has 0 aliphatic rings. The Morgan fingerprint density at radius 3 is 1.34 bits per heavy atom. The fraction of sp³-hybridized carbons (Fsp3) is 0.652. The lowest BCUT2D eigenvalue weighted by molar-refractivity contribution is 0.538. The van der Waals surface area contributed by atoms with Crippen molar-refractivity contribution in [1.29, 1.82) is 0 Å². The minimum atomic E-state index is 1.25. The summed E-state index contributed by atoms with van der Waals surface area (Å²) < 4.78 is 1.41. The maximum Gasteiger partial charge on any atom is 0.0349 e. The number of unbranched alkanes of at least 4 members (excludes halogenated alkanes) is 24. The molecule has 0 aliphatic heterocycles. The Kier molecular flexibility index (Phi) is 19.0. The van der Waals surface area contributed by atoms with E-state index in [0.717, 1.165) is 0 Å². The molecule has 1 heterocycles. The molecule has 0 spiro atoms. The molecule has 1 aromatic heterocycles. The molecule has 3 aromatic carbocycles. The second-order valence-corrected chi connectivity index (χ2v) is 15.8. The van der Waals surface area contributed by atoms with E-state index in [-0.39, 0.29) is 0 Å². The van der Waals surface area contributed by atoms with Crippen molar-refractivity contribution >= 4 is 43.0 Å². The fourth-order valence-corrected chi connectivity index (χ4v) is 8.69. The lowest BCUT2D eigenvalue weighted by Crippen LogP contribution is -1.98. The Hall–Kier alpha value is -1.86. The molecule has 0 saturated carbocycles. The van der Waals surface area contributed by atoms with E-state index in [9.17, 15) is 0 Å². The molecule has 4 aromatic rings. The quantitative estimate of drug-likeness (QED) is 0.0422. The van der Waals surface area contributed by atoms with Gasteiger partial charge in [-0.3, -0.25) is 0 Å². The molecule has 0 aliphatic carbocycles. The SMILES string of the molecule is CCCCCCCCCCCCCCCc1ccc2cc3c(ccc4sccc43)cc2c1CCCCCCCCCCCCCCC. The van der Waals surface area contributed by atoms with E-state index in [1.54, 1.807) is 11.1 Å². The second kappa shape index (κ2) is 23.5. The maximum atomic E-state index is 2.53. The average Bonchev–Trinajstić information content (AvgIpc) is 3.58. The van der Waals surface area contributed by atoms with E-state index in [0.29, 0.717) is 0 Å². The Balaban J connectivity index is 1.23. The normalized spacial score (nSPS) is 11.9. The Bertz CT molecular complexity index is 1380. The summed E-state index contributed by atoms with van der Waals surface area (Å²) in [7, 11) is 0. The summed E-state index contributed by atoms with van der Waals surface area (Å²) >= 11 is 1.86. The monoisotopic (exact) mass is 655 g/mol. The van der Waals surface area contributed by atoms with Gasteiger partial charge in [-0.05, 0) is 88.0 Å². The van der Waals surface area contributed by atoms with Gasteiger partial charge in [0.1, 0.15) is 0 Å². The summed E-state index contributed by atoms with van der Waals surface area (Å²) in [6, 6.07) is 17.0. The highest BCUT2D eigenvalue weighted by Gasteiger charge is 2.11. The molecule has 0 saturated heterocycles. The summed E-state index contributed by atoms with van der Waals surface area (Å²) in [5.41, 5.74) is 3.30. The Morgan fingerprint density at radius 1 is 0.383 bits per heavy atom.